The van der Waals surface area contributed by atoms with Gasteiger partial charge in [-0.05, 0) is 25.3 Å². The highest BCUT2D eigenvalue weighted by Gasteiger charge is 2.39. The van der Waals surface area contributed by atoms with Crippen LogP contribution in [0.4, 0.5) is 5.69 Å². The van der Waals surface area contributed by atoms with E-state index in [4.69, 9.17) is 8.94 Å². The maximum atomic E-state index is 12.7. The Morgan fingerprint density at radius 1 is 1.32 bits per heavy atom. The molecule has 2 aromatic heterocycles. The molecule has 1 amide bonds. The van der Waals surface area contributed by atoms with Crippen LogP contribution in [0.2, 0.25) is 0 Å². The molecule has 0 radical (unpaired) electrons. The van der Waals surface area contributed by atoms with Crippen molar-refractivity contribution in [2.75, 3.05) is 0 Å². The number of aromatic nitrogens is 3. The van der Waals surface area contributed by atoms with Crippen LogP contribution < -0.4 is 11.1 Å². The van der Waals surface area contributed by atoms with Gasteiger partial charge in [0.2, 0.25) is 11.8 Å². The molecular formula is C20H23N5O6. The lowest BCUT2D eigenvalue weighted by Gasteiger charge is -2.35. The average Bonchev–Trinajstić information content (AvgIpc) is 3.31. The highest BCUT2D eigenvalue weighted by atomic mass is 16.6. The van der Waals surface area contributed by atoms with Crippen molar-refractivity contribution in [2.45, 2.75) is 64.0 Å². The molecule has 4 rings (SSSR count). The monoisotopic (exact) mass is 429 g/mol. The Labute approximate surface area is 176 Å². The molecule has 164 valence electrons. The first-order valence-corrected chi connectivity index (χ1v) is 10.3. The van der Waals surface area contributed by atoms with E-state index in [-0.39, 0.29) is 30.1 Å². The molecule has 1 N–H and O–H groups in total. The van der Waals surface area contributed by atoms with Crippen LogP contribution >= 0.6 is 0 Å². The molecular weight excluding hydrogens is 406 g/mol. The van der Waals surface area contributed by atoms with Gasteiger partial charge in [-0.15, -0.1) is 0 Å². The predicted molar refractivity (Wildman–Crippen MR) is 108 cm³/mol. The molecule has 0 unspecified atom stereocenters. The fourth-order valence-corrected chi connectivity index (χ4v) is 4.16. The van der Waals surface area contributed by atoms with Crippen LogP contribution in [-0.4, -0.2) is 25.5 Å². The minimum absolute atomic E-state index is 0.150. The van der Waals surface area contributed by atoms with Crippen molar-refractivity contribution in [3.8, 4) is 0 Å². The van der Waals surface area contributed by atoms with Crippen LogP contribution in [0.3, 0.4) is 0 Å². The maximum Gasteiger partial charge on any atom is 0.419 e. The van der Waals surface area contributed by atoms with Crippen molar-refractivity contribution in [3.63, 3.8) is 0 Å². The van der Waals surface area contributed by atoms with Crippen LogP contribution in [0.15, 0.2) is 31.9 Å². The van der Waals surface area contributed by atoms with Crippen molar-refractivity contribution < 1.29 is 18.7 Å². The molecule has 1 fully saturated rings. The number of oxazole rings is 1. The average molecular weight is 429 g/mol. The van der Waals surface area contributed by atoms with E-state index in [1.54, 1.807) is 6.92 Å². The number of amides is 1. The van der Waals surface area contributed by atoms with Gasteiger partial charge in [0.25, 0.3) is 5.69 Å². The van der Waals surface area contributed by atoms with Crippen LogP contribution in [0.1, 0.15) is 56.7 Å². The van der Waals surface area contributed by atoms with E-state index in [0.29, 0.717) is 23.7 Å². The van der Waals surface area contributed by atoms with Crippen molar-refractivity contribution in [3.05, 3.63) is 50.6 Å². The number of hydrogen-bond donors (Lipinski definition) is 1. The summed E-state index contributed by atoms with van der Waals surface area (Å²) in [6.45, 7) is 1.97. The first-order valence-electron chi connectivity index (χ1n) is 10.3. The van der Waals surface area contributed by atoms with Gasteiger partial charge in [0, 0.05) is 26.0 Å². The zero-order chi connectivity index (χ0) is 22.0. The molecule has 1 aliphatic rings. The van der Waals surface area contributed by atoms with E-state index >= 15 is 0 Å². The number of nitrogens with zero attached hydrogens (tertiary/aromatic N) is 4. The largest absolute Gasteiger partial charge is 0.419 e. The molecule has 31 heavy (non-hydrogen) atoms. The Bertz CT molecular complexity index is 1170. The molecule has 1 aliphatic carbocycles. The van der Waals surface area contributed by atoms with Gasteiger partial charge in [0.05, 0.1) is 16.5 Å². The van der Waals surface area contributed by atoms with E-state index in [1.165, 1.54) is 22.8 Å². The minimum atomic E-state index is -0.620. The number of nitro groups is 1. The summed E-state index contributed by atoms with van der Waals surface area (Å²) in [7, 11) is 0. The minimum Gasteiger partial charge on any atom is -0.407 e. The molecule has 11 heteroatoms. The second-order valence-corrected chi connectivity index (χ2v) is 7.86. The third-order valence-corrected chi connectivity index (χ3v) is 5.69. The van der Waals surface area contributed by atoms with Gasteiger partial charge >= 0.3 is 5.76 Å². The molecule has 0 saturated heterocycles. The number of hydrogen-bond acceptors (Lipinski definition) is 8. The highest BCUT2D eigenvalue weighted by Crippen LogP contribution is 2.35. The van der Waals surface area contributed by atoms with Crippen LogP contribution in [0.25, 0.3) is 11.1 Å². The Kier molecular flexibility index (Phi) is 5.57. The van der Waals surface area contributed by atoms with E-state index in [2.05, 4.69) is 15.5 Å². The van der Waals surface area contributed by atoms with Gasteiger partial charge in [0.15, 0.2) is 11.4 Å². The number of benzene rings is 1. The summed E-state index contributed by atoms with van der Waals surface area (Å²) in [5, 5.41) is 18.0. The topological polar surface area (TPSA) is 146 Å². The number of fused-ring (bicyclic) bond motifs is 1. The van der Waals surface area contributed by atoms with Gasteiger partial charge in [-0.2, -0.15) is 4.98 Å². The fraction of sp³-hybridized carbons (Fsp3) is 0.500. The summed E-state index contributed by atoms with van der Waals surface area (Å²) in [5.41, 5.74) is -0.160. The number of nitro benzene ring substituents is 1. The number of carbonyl (C=O) groups is 1. The summed E-state index contributed by atoms with van der Waals surface area (Å²) >= 11 is 0. The van der Waals surface area contributed by atoms with Crippen molar-refractivity contribution >= 4 is 22.7 Å². The van der Waals surface area contributed by atoms with Crippen molar-refractivity contribution in [2.24, 2.45) is 0 Å². The lowest BCUT2D eigenvalue weighted by atomic mass is 9.81. The van der Waals surface area contributed by atoms with E-state index in [0.717, 1.165) is 32.1 Å². The molecule has 1 aromatic carbocycles. The molecule has 0 bridgehead atoms. The van der Waals surface area contributed by atoms with Crippen LogP contribution in [-0.2, 0) is 16.9 Å². The molecule has 11 nitrogen and oxygen atoms in total. The highest BCUT2D eigenvalue weighted by molar-refractivity contribution is 5.77. The number of rotatable bonds is 7. The Balaban J connectivity index is 1.42. The molecule has 3 aromatic rings. The zero-order valence-electron chi connectivity index (χ0n) is 17.1. The molecule has 1 saturated carbocycles. The molecule has 0 spiro atoms. The summed E-state index contributed by atoms with van der Waals surface area (Å²) in [4.78, 5) is 39.6. The third kappa shape index (κ3) is 4.21. The van der Waals surface area contributed by atoms with E-state index in [1.807, 2.05) is 0 Å². The molecule has 2 heterocycles. The zero-order valence-corrected chi connectivity index (χ0v) is 17.1. The summed E-state index contributed by atoms with van der Waals surface area (Å²) in [5.74, 6) is 0.208. The SMILES string of the molecule is Cc1nc(C2(NC(=O)CCCn3c(=O)oc4cc([N+](=O)[O-])ccc43)CCCCC2)no1. The second kappa shape index (κ2) is 8.32. The van der Waals surface area contributed by atoms with Gasteiger partial charge in [-0.25, -0.2) is 4.79 Å². The number of non-ortho nitro benzene ring substituents is 1. The molecule has 0 atom stereocenters. The second-order valence-electron chi connectivity index (χ2n) is 7.86. The Morgan fingerprint density at radius 3 is 2.77 bits per heavy atom. The lowest BCUT2D eigenvalue weighted by molar-refractivity contribution is -0.384. The van der Waals surface area contributed by atoms with Crippen molar-refractivity contribution in [1.82, 2.24) is 20.0 Å². The summed E-state index contributed by atoms with van der Waals surface area (Å²) in [6, 6.07) is 4.02. The Hall–Kier alpha value is -3.50. The fourth-order valence-electron chi connectivity index (χ4n) is 4.16. The number of carbonyl (C=O) groups excluding carboxylic acids is 1. The van der Waals surface area contributed by atoms with Crippen LogP contribution in [0.5, 0.6) is 0 Å². The van der Waals surface area contributed by atoms with Gasteiger partial charge in [-0.3, -0.25) is 19.5 Å². The standard InChI is InChI=1S/C20H23N5O6/c1-13-21-18(23-31-13)20(9-3-2-4-10-20)22-17(26)6-5-11-24-15-8-7-14(25(28)29)12-16(15)30-19(24)27/h7-8,12H,2-6,9-11H2,1H3,(H,22,26). The number of aryl methyl sites for hydroxylation is 2. The Morgan fingerprint density at radius 2 is 2.10 bits per heavy atom. The summed E-state index contributed by atoms with van der Waals surface area (Å²) in [6.07, 6.45) is 5.14. The normalized spacial score (nSPS) is 15.8. The van der Waals surface area contributed by atoms with Gasteiger partial charge in [-0.1, -0.05) is 24.4 Å². The van der Waals surface area contributed by atoms with Gasteiger partial charge < -0.3 is 14.3 Å². The third-order valence-electron chi connectivity index (χ3n) is 5.69. The smallest absolute Gasteiger partial charge is 0.407 e. The van der Waals surface area contributed by atoms with Crippen molar-refractivity contribution in [1.29, 1.82) is 0 Å². The maximum absolute atomic E-state index is 12.7. The first kappa shape index (κ1) is 20.8. The van der Waals surface area contributed by atoms with Gasteiger partial charge in [0.1, 0.15) is 5.54 Å². The first-order chi connectivity index (χ1) is 14.9. The summed E-state index contributed by atoms with van der Waals surface area (Å²) < 4.78 is 11.6. The van der Waals surface area contributed by atoms with E-state index in [9.17, 15) is 19.7 Å². The van der Waals surface area contributed by atoms with Crippen LogP contribution in [0, 0.1) is 17.0 Å². The van der Waals surface area contributed by atoms with E-state index < -0.39 is 16.2 Å². The number of nitrogens with one attached hydrogen (secondary N) is 1. The predicted octanol–water partition coefficient (Wildman–Crippen LogP) is 2.95. The quantitative estimate of drug-likeness (QED) is 0.445. The molecule has 0 aliphatic heterocycles. The lowest BCUT2D eigenvalue weighted by Crippen LogP contribution is -2.48.